The third-order valence-corrected chi connectivity index (χ3v) is 5.62. The Morgan fingerprint density at radius 3 is 2.88 bits per heavy atom. The van der Waals surface area contributed by atoms with Crippen LogP contribution < -0.4 is 10.1 Å². The van der Waals surface area contributed by atoms with Gasteiger partial charge in [-0.2, -0.15) is 0 Å². The molecule has 7 heteroatoms. The lowest BCUT2D eigenvalue weighted by Crippen LogP contribution is -2.40. The van der Waals surface area contributed by atoms with Gasteiger partial charge in [-0.1, -0.05) is 18.5 Å². The molecule has 0 radical (unpaired) electrons. The zero-order valence-electron chi connectivity index (χ0n) is 14.2. The Kier molecular flexibility index (Phi) is 6.26. The van der Waals surface area contributed by atoms with Crippen molar-refractivity contribution in [1.29, 1.82) is 0 Å². The first kappa shape index (κ1) is 18.1. The van der Waals surface area contributed by atoms with E-state index in [-0.39, 0.29) is 18.1 Å². The molecule has 0 spiro atoms. The number of carbonyl (C=O) groups is 1. The number of nitrogens with zero attached hydrogens (tertiary/aromatic N) is 2. The highest BCUT2D eigenvalue weighted by Gasteiger charge is 2.24. The fourth-order valence-electron chi connectivity index (χ4n) is 2.98. The quantitative estimate of drug-likeness (QED) is 0.829. The van der Waals surface area contributed by atoms with Crippen molar-refractivity contribution in [2.24, 2.45) is 0 Å². The van der Waals surface area contributed by atoms with Crippen LogP contribution in [0, 0.1) is 0 Å². The van der Waals surface area contributed by atoms with Crippen molar-refractivity contribution in [3.8, 4) is 5.88 Å². The van der Waals surface area contributed by atoms with E-state index in [9.17, 15) is 4.79 Å². The molecule has 2 aromatic rings. The van der Waals surface area contributed by atoms with E-state index in [2.05, 4.69) is 22.2 Å². The molecule has 2 heterocycles. The second kappa shape index (κ2) is 8.63. The molecule has 1 saturated carbocycles. The maximum absolute atomic E-state index is 12.2. The van der Waals surface area contributed by atoms with Gasteiger partial charge in [-0.3, -0.25) is 4.79 Å². The number of aromatic nitrogens is 2. The lowest BCUT2D eigenvalue weighted by molar-refractivity contribution is -0.121. The van der Waals surface area contributed by atoms with Gasteiger partial charge in [-0.25, -0.2) is 9.97 Å². The molecule has 25 heavy (non-hydrogen) atoms. The molecular formula is C18H22ClN3O2S. The minimum atomic E-state index is 0.0464. The van der Waals surface area contributed by atoms with Crippen LogP contribution >= 0.6 is 22.9 Å². The van der Waals surface area contributed by atoms with E-state index in [1.165, 1.54) is 0 Å². The summed E-state index contributed by atoms with van der Waals surface area (Å²) in [5, 5.41) is 6.70. The third kappa shape index (κ3) is 5.16. The number of carbonyl (C=O) groups excluding carboxylic acids is 1. The van der Waals surface area contributed by atoms with Crippen molar-refractivity contribution in [3.05, 3.63) is 39.4 Å². The molecule has 1 amide bonds. The predicted molar refractivity (Wildman–Crippen MR) is 99.3 cm³/mol. The molecule has 1 fully saturated rings. The third-order valence-electron chi connectivity index (χ3n) is 4.29. The Hall–Kier alpha value is -1.66. The summed E-state index contributed by atoms with van der Waals surface area (Å²) in [6, 6.07) is 3.77. The highest BCUT2D eigenvalue weighted by Crippen LogP contribution is 2.27. The van der Waals surface area contributed by atoms with Gasteiger partial charge in [0, 0.05) is 17.6 Å². The number of hydrogen-bond donors (Lipinski definition) is 1. The molecule has 0 aliphatic heterocycles. The topological polar surface area (TPSA) is 64.1 Å². The summed E-state index contributed by atoms with van der Waals surface area (Å²) in [6.45, 7) is 2.07. The van der Waals surface area contributed by atoms with Gasteiger partial charge < -0.3 is 10.1 Å². The fraction of sp³-hybridized carbons (Fsp3) is 0.500. The van der Waals surface area contributed by atoms with Crippen molar-refractivity contribution >= 4 is 28.8 Å². The Bertz CT molecular complexity index is 714. The van der Waals surface area contributed by atoms with Gasteiger partial charge >= 0.3 is 0 Å². The van der Waals surface area contributed by atoms with Crippen LogP contribution in [0.1, 0.15) is 43.3 Å². The molecule has 0 atom stereocenters. The lowest BCUT2D eigenvalue weighted by Gasteiger charge is -2.29. The van der Waals surface area contributed by atoms with Crippen LogP contribution in [0.5, 0.6) is 5.88 Å². The molecular weight excluding hydrogens is 358 g/mol. The highest BCUT2D eigenvalue weighted by atomic mass is 35.5. The maximum Gasteiger partial charge on any atom is 0.232 e. The van der Waals surface area contributed by atoms with Crippen LogP contribution in [0.4, 0.5) is 0 Å². The Balaban J connectivity index is 1.43. The summed E-state index contributed by atoms with van der Waals surface area (Å²) >= 11 is 7.70. The molecule has 5 nitrogen and oxygen atoms in total. The number of amides is 1. The van der Waals surface area contributed by atoms with Gasteiger partial charge in [0.2, 0.25) is 11.8 Å². The van der Waals surface area contributed by atoms with Crippen molar-refractivity contribution in [2.75, 3.05) is 0 Å². The Morgan fingerprint density at radius 2 is 2.20 bits per heavy atom. The van der Waals surface area contributed by atoms with Crippen LogP contribution in [-0.4, -0.2) is 28.0 Å². The molecule has 0 unspecified atom stereocenters. The summed E-state index contributed by atoms with van der Waals surface area (Å²) in [4.78, 5) is 20.8. The first-order valence-corrected chi connectivity index (χ1v) is 9.89. The van der Waals surface area contributed by atoms with Gasteiger partial charge in [0.15, 0.2) is 0 Å². The standard InChI is InChI=1S/C18H22ClN3O2S/c1-2-17-22-13(11-25-17)10-16(23)21-12-5-7-14(8-6-12)24-18-15(19)4-3-9-20-18/h3-4,9,11-12,14H,2,5-8,10H2,1H3,(H,21,23). The zero-order valence-corrected chi connectivity index (χ0v) is 15.8. The molecule has 134 valence electrons. The van der Waals surface area contributed by atoms with Gasteiger partial charge in [-0.05, 0) is 44.2 Å². The lowest BCUT2D eigenvalue weighted by atomic mass is 9.93. The number of hydrogen-bond acceptors (Lipinski definition) is 5. The van der Waals surface area contributed by atoms with Crippen LogP contribution in [0.25, 0.3) is 0 Å². The number of pyridine rings is 1. The first-order chi connectivity index (χ1) is 12.1. The van der Waals surface area contributed by atoms with Gasteiger partial charge in [-0.15, -0.1) is 11.3 Å². The minimum absolute atomic E-state index is 0.0464. The normalized spacial score (nSPS) is 20.2. The Labute approximate surface area is 156 Å². The molecule has 1 aliphatic rings. The summed E-state index contributed by atoms with van der Waals surface area (Å²) in [7, 11) is 0. The molecule has 0 bridgehead atoms. The number of halogens is 1. The van der Waals surface area contributed by atoms with E-state index < -0.39 is 0 Å². The van der Waals surface area contributed by atoms with Crippen molar-refractivity contribution < 1.29 is 9.53 Å². The van der Waals surface area contributed by atoms with E-state index in [4.69, 9.17) is 16.3 Å². The SMILES string of the molecule is CCc1nc(CC(=O)NC2CCC(Oc3ncccc3Cl)CC2)cs1. The number of thiazole rings is 1. The number of ether oxygens (including phenoxy) is 1. The van der Waals surface area contributed by atoms with Crippen LogP contribution in [0.2, 0.25) is 5.02 Å². The average molecular weight is 380 g/mol. The van der Waals surface area contributed by atoms with Gasteiger partial charge in [0.25, 0.3) is 0 Å². The molecule has 3 rings (SSSR count). The van der Waals surface area contributed by atoms with Crippen molar-refractivity contribution in [1.82, 2.24) is 15.3 Å². The van der Waals surface area contributed by atoms with Crippen molar-refractivity contribution in [3.63, 3.8) is 0 Å². The molecule has 1 aliphatic carbocycles. The maximum atomic E-state index is 12.2. The molecule has 0 aromatic carbocycles. The molecule has 1 N–H and O–H groups in total. The Morgan fingerprint density at radius 1 is 1.40 bits per heavy atom. The summed E-state index contributed by atoms with van der Waals surface area (Å²) in [5.41, 5.74) is 0.862. The zero-order chi connectivity index (χ0) is 17.6. The monoisotopic (exact) mass is 379 g/mol. The highest BCUT2D eigenvalue weighted by molar-refractivity contribution is 7.09. The number of aryl methyl sites for hydroxylation is 1. The molecule has 2 aromatic heterocycles. The van der Waals surface area contributed by atoms with E-state index in [0.717, 1.165) is 42.8 Å². The van der Waals surface area contributed by atoms with Crippen LogP contribution in [0.3, 0.4) is 0 Å². The van der Waals surface area contributed by atoms with Crippen LogP contribution in [-0.2, 0) is 17.6 Å². The summed E-state index contributed by atoms with van der Waals surface area (Å²) in [6.07, 6.45) is 6.62. The predicted octanol–water partition coefficient (Wildman–Crippen LogP) is 3.80. The van der Waals surface area contributed by atoms with E-state index in [1.54, 1.807) is 29.7 Å². The van der Waals surface area contributed by atoms with Gasteiger partial charge in [0.05, 0.1) is 17.1 Å². The largest absolute Gasteiger partial charge is 0.473 e. The van der Waals surface area contributed by atoms with Crippen molar-refractivity contribution in [2.45, 2.75) is 57.6 Å². The van der Waals surface area contributed by atoms with E-state index >= 15 is 0 Å². The number of rotatable bonds is 6. The first-order valence-electron chi connectivity index (χ1n) is 8.64. The van der Waals surface area contributed by atoms with Crippen LogP contribution in [0.15, 0.2) is 23.7 Å². The summed E-state index contributed by atoms with van der Waals surface area (Å²) in [5.74, 6) is 0.539. The minimum Gasteiger partial charge on any atom is -0.473 e. The fourth-order valence-corrected chi connectivity index (χ4v) is 3.89. The number of nitrogens with one attached hydrogen (secondary N) is 1. The van der Waals surface area contributed by atoms with E-state index in [1.807, 2.05) is 5.38 Å². The van der Waals surface area contributed by atoms with E-state index in [0.29, 0.717) is 17.3 Å². The average Bonchev–Trinajstić information content (AvgIpc) is 3.06. The second-order valence-corrected chi connectivity index (χ2v) is 7.56. The second-order valence-electron chi connectivity index (χ2n) is 6.21. The van der Waals surface area contributed by atoms with Gasteiger partial charge in [0.1, 0.15) is 11.1 Å². The summed E-state index contributed by atoms with van der Waals surface area (Å²) < 4.78 is 5.89. The molecule has 0 saturated heterocycles. The smallest absolute Gasteiger partial charge is 0.232 e.